The average Bonchev–Trinajstić information content (AvgIpc) is 3.26. The number of pyridine rings is 1. The van der Waals surface area contributed by atoms with Crippen molar-refractivity contribution >= 4 is 44.9 Å². The van der Waals surface area contributed by atoms with Crippen LogP contribution in [0, 0.1) is 24.5 Å². The maximum Gasteiger partial charge on any atom is 0.257 e. The summed E-state index contributed by atoms with van der Waals surface area (Å²) in [5, 5.41) is 3.38. The molecular weight excluding hydrogens is 476 g/mol. The molecule has 2 aliphatic heterocycles. The number of carbonyl (C=O) groups is 2. The van der Waals surface area contributed by atoms with Crippen LogP contribution in [-0.2, 0) is 9.53 Å². The van der Waals surface area contributed by atoms with Crippen molar-refractivity contribution in [3.8, 4) is 0 Å². The number of ether oxygens (including phenoxy) is 1. The summed E-state index contributed by atoms with van der Waals surface area (Å²) in [5.74, 6) is -2.08. The number of fused-ring (bicyclic) bond motifs is 1. The molecule has 2 fully saturated rings. The van der Waals surface area contributed by atoms with E-state index in [0.717, 1.165) is 39.8 Å². The summed E-state index contributed by atoms with van der Waals surface area (Å²) in [7, 11) is 0. The largest absolute Gasteiger partial charge is 0.378 e. The van der Waals surface area contributed by atoms with E-state index in [-0.39, 0.29) is 23.4 Å². The summed E-state index contributed by atoms with van der Waals surface area (Å²) in [5.41, 5.74) is 1.97. The van der Waals surface area contributed by atoms with Crippen LogP contribution in [0.5, 0.6) is 0 Å². The van der Waals surface area contributed by atoms with E-state index in [4.69, 9.17) is 4.74 Å². The molecule has 0 saturated carbocycles. The van der Waals surface area contributed by atoms with Crippen LogP contribution >= 0.6 is 11.5 Å². The Bertz CT molecular complexity index is 1270. The van der Waals surface area contributed by atoms with Crippen molar-refractivity contribution in [2.45, 2.75) is 19.8 Å². The fraction of sp³-hybridized carbons (Fsp3) is 0.417. The van der Waals surface area contributed by atoms with Gasteiger partial charge in [0.25, 0.3) is 5.91 Å². The number of morpholine rings is 1. The molecule has 3 aromatic rings. The Morgan fingerprint density at radius 2 is 1.89 bits per heavy atom. The SMILES string of the molecule is Cc1nsc2ncc(C(=O)N3CCOCC3)c(N3CCC(C(=O)Nc4cc(F)ccc4F)CC3)c12. The van der Waals surface area contributed by atoms with Crippen LogP contribution in [0.4, 0.5) is 20.2 Å². The van der Waals surface area contributed by atoms with Gasteiger partial charge < -0.3 is 19.9 Å². The molecule has 4 heterocycles. The predicted octanol–water partition coefficient (Wildman–Crippen LogP) is 3.61. The zero-order valence-corrected chi connectivity index (χ0v) is 20.0. The number of anilines is 2. The Balaban J connectivity index is 1.37. The van der Waals surface area contributed by atoms with Crippen molar-refractivity contribution in [3.05, 3.63) is 47.3 Å². The van der Waals surface area contributed by atoms with Gasteiger partial charge in [0.2, 0.25) is 5.91 Å². The lowest BCUT2D eigenvalue weighted by atomic mass is 9.94. The Kier molecular flexibility index (Phi) is 6.61. The van der Waals surface area contributed by atoms with Gasteiger partial charge in [0.1, 0.15) is 16.5 Å². The molecular formula is C24H25F2N5O3S. The lowest BCUT2D eigenvalue weighted by Gasteiger charge is -2.35. The average molecular weight is 502 g/mol. The van der Waals surface area contributed by atoms with Crippen molar-refractivity contribution in [2.75, 3.05) is 49.6 Å². The Hall–Kier alpha value is -3.18. The van der Waals surface area contributed by atoms with Crippen LogP contribution in [-0.4, -0.2) is 65.5 Å². The Morgan fingerprint density at radius 3 is 2.63 bits per heavy atom. The molecule has 1 N–H and O–H groups in total. The molecule has 1 aromatic carbocycles. The number of aromatic nitrogens is 2. The molecule has 0 radical (unpaired) electrons. The topological polar surface area (TPSA) is 87.7 Å². The number of aryl methyl sites for hydroxylation is 1. The highest BCUT2D eigenvalue weighted by atomic mass is 32.1. The molecule has 0 atom stereocenters. The molecule has 0 unspecified atom stereocenters. The second-order valence-electron chi connectivity index (χ2n) is 8.75. The number of hydrogen-bond acceptors (Lipinski definition) is 7. The van der Waals surface area contributed by atoms with Gasteiger partial charge >= 0.3 is 0 Å². The molecule has 2 amide bonds. The van der Waals surface area contributed by atoms with Crippen LogP contribution in [0.1, 0.15) is 28.9 Å². The van der Waals surface area contributed by atoms with Gasteiger partial charge in [-0.25, -0.2) is 13.8 Å². The normalized spacial score (nSPS) is 17.1. The summed E-state index contributed by atoms with van der Waals surface area (Å²) < 4.78 is 37.3. The fourth-order valence-electron chi connectivity index (χ4n) is 4.65. The summed E-state index contributed by atoms with van der Waals surface area (Å²) >= 11 is 1.29. The van der Waals surface area contributed by atoms with Gasteiger partial charge in [-0.1, -0.05) is 0 Å². The molecule has 2 aliphatic rings. The standard InChI is InChI=1S/C24H25F2N5O3S/c1-14-20-21(17(13-27-23(20)35-29-14)24(33)31-8-10-34-11-9-31)30-6-4-15(5-7-30)22(32)28-19-12-16(25)2-3-18(19)26/h2-3,12-13,15H,4-11H2,1H3,(H,28,32). The van der Waals surface area contributed by atoms with Gasteiger partial charge in [0, 0.05) is 44.4 Å². The van der Waals surface area contributed by atoms with E-state index in [1.54, 1.807) is 11.1 Å². The highest BCUT2D eigenvalue weighted by molar-refractivity contribution is 7.13. The summed E-state index contributed by atoms with van der Waals surface area (Å²) in [4.78, 5) is 35.4. The quantitative estimate of drug-likeness (QED) is 0.588. The third-order valence-corrected chi connectivity index (χ3v) is 7.39. The van der Waals surface area contributed by atoms with E-state index in [9.17, 15) is 18.4 Å². The van der Waals surface area contributed by atoms with Gasteiger partial charge in [-0.15, -0.1) is 0 Å². The maximum atomic E-state index is 14.0. The molecule has 5 rings (SSSR count). The first-order valence-electron chi connectivity index (χ1n) is 11.5. The van der Waals surface area contributed by atoms with E-state index in [1.807, 2.05) is 6.92 Å². The molecule has 35 heavy (non-hydrogen) atoms. The second-order valence-corrected chi connectivity index (χ2v) is 9.50. The maximum absolute atomic E-state index is 14.0. The van der Waals surface area contributed by atoms with Crippen molar-refractivity contribution in [1.29, 1.82) is 0 Å². The zero-order chi connectivity index (χ0) is 24.5. The lowest BCUT2D eigenvalue weighted by molar-refractivity contribution is -0.120. The molecule has 0 aliphatic carbocycles. The van der Waals surface area contributed by atoms with Crippen molar-refractivity contribution < 1.29 is 23.1 Å². The van der Waals surface area contributed by atoms with Crippen LogP contribution < -0.4 is 10.2 Å². The fourth-order valence-corrected chi connectivity index (χ4v) is 5.40. The summed E-state index contributed by atoms with van der Waals surface area (Å²) in [6, 6.07) is 2.98. The Morgan fingerprint density at radius 1 is 1.14 bits per heavy atom. The minimum Gasteiger partial charge on any atom is -0.378 e. The van der Waals surface area contributed by atoms with Crippen LogP contribution in [0.3, 0.4) is 0 Å². The number of hydrogen-bond donors (Lipinski definition) is 1. The first-order valence-corrected chi connectivity index (χ1v) is 12.3. The Labute approximate surface area is 205 Å². The minimum absolute atomic E-state index is 0.0928. The van der Waals surface area contributed by atoms with E-state index < -0.39 is 11.6 Å². The van der Waals surface area contributed by atoms with Crippen LogP contribution in [0.2, 0.25) is 0 Å². The summed E-state index contributed by atoms with van der Waals surface area (Å²) in [6.45, 7) is 5.01. The molecule has 0 bridgehead atoms. The number of piperidine rings is 1. The van der Waals surface area contributed by atoms with E-state index in [0.29, 0.717) is 57.8 Å². The van der Waals surface area contributed by atoms with Gasteiger partial charge in [0.05, 0.1) is 41.2 Å². The molecule has 2 saturated heterocycles. The molecule has 11 heteroatoms. The van der Waals surface area contributed by atoms with E-state index in [2.05, 4.69) is 19.6 Å². The highest BCUT2D eigenvalue weighted by Crippen LogP contribution is 2.37. The number of nitrogens with zero attached hydrogens (tertiary/aromatic N) is 4. The molecule has 0 spiro atoms. The molecule has 2 aromatic heterocycles. The van der Waals surface area contributed by atoms with Crippen molar-refractivity contribution in [2.24, 2.45) is 5.92 Å². The number of amides is 2. The number of halogens is 2. The van der Waals surface area contributed by atoms with Gasteiger partial charge in [-0.05, 0) is 43.4 Å². The lowest BCUT2D eigenvalue weighted by Crippen LogP contribution is -2.42. The third-order valence-electron chi connectivity index (χ3n) is 6.54. The van der Waals surface area contributed by atoms with E-state index >= 15 is 0 Å². The minimum atomic E-state index is -0.678. The number of rotatable bonds is 4. The zero-order valence-electron chi connectivity index (χ0n) is 19.2. The molecule has 8 nitrogen and oxygen atoms in total. The first kappa shape index (κ1) is 23.6. The van der Waals surface area contributed by atoms with Crippen LogP contribution in [0.25, 0.3) is 10.2 Å². The first-order chi connectivity index (χ1) is 16.9. The highest BCUT2D eigenvalue weighted by Gasteiger charge is 2.31. The predicted molar refractivity (Wildman–Crippen MR) is 129 cm³/mol. The number of benzene rings is 1. The number of carbonyl (C=O) groups excluding carboxylic acids is 2. The summed E-state index contributed by atoms with van der Waals surface area (Å²) in [6.07, 6.45) is 2.64. The third kappa shape index (κ3) is 4.70. The number of nitrogens with one attached hydrogen (secondary N) is 1. The van der Waals surface area contributed by atoms with Gasteiger partial charge in [0.15, 0.2) is 0 Å². The van der Waals surface area contributed by atoms with Crippen LogP contribution in [0.15, 0.2) is 24.4 Å². The van der Waals surface area contributed by atoms with Gasteiger partial charge in [-0.2, -0.15) is 4.37 Å². The smallest absolute Gasteiger partial charge is 0.257 e. The molecule has 184 valence electrons. The second kappa shape index (κ2) is 9.82. The van der Waals surface area contributed by atoms with Crippen molar-refractivity contribution in [1.82, 2.24) is 14.3 Å². The monoisotopic (exact) mass is 501 g/mol. The van der Waals surface area contributed by atoms with E-state index in [1.165, 1.54) is 11.5 Å². The van der Waals surface area contributed by atoms with Gasteiger partial charge in [-0.3, -0.25) is 9.59 Å². The van der Waals surface area contributed by atoms with Crippen molar-refractivity contribution in [3.63, 3.8) is 0 Å².